The van der Waals surface area contributed by atoms with E-state index < -0.39 is 52.9 Å². The van der Waals surface area contributed by atoms with E-state index in [9.17, 15) is 14.7 Å². The summed E-state index contributed by atoms with van der Waals surface area (Å²) in [4.78, 5) is 25.4. The molecule has 0 bridgehead atoms. The molecule has 2 heterocycles. The van der Waals surface area contributed by atoms with E-state index in [2.05, 4.69) is 0 Å². The molecular weight excluding hydrogens is 392 g/mol. The first-order chi connectivity index (χ1) is 13.2. The standard InChI is InChI=1S/C18H30O11/c1-14(21,10-12(19)28-17(4,24-8)15(2,22-6)26-10)11-13(20)29-18(5,25-9)16(3,23-7)27-11/h10-11,21H,1-9H3/t10-,11-,15-,16-,17-,18-/m1/s1. The average molecular weight is 422 g/mol. The zero-order chi connectivity index (χ0) is 22.5. The van der Waals surface area contributed by atoms with Crippen LogP contribution in [0, 0.1) is 0 Å². The van der Waals surface area contributed by atoms with Crippen LogP contribution in [0.3, 0.4) is 0 Å². The second-order valence-corrected chi connectivity index (χ2v) is 7.66. The van der Waals surface area contributed by atoms with Crippen molar-refractivity contribution >= 4 is 11.9 Å². The van der Waals surface area contributed by atoms with Gasteiger partial charge in [0.1, 0.15) is 5.60 Å². The molecule has 11 heteroatoms. The number of esters is 2. The maximum atomic E-state index is 12.7. The maximum Gasteiger partial charge on any atom is 0.341 e. The molecule has 0 unspecified atom stereocenters. The van der Waals surface area contributed by atoms with Gasteiger partial charge in [-0.1, -0.05) is 0 Å². The van der Waals surface area contributed by atoms with Crippen molar-refractivity contribution < 1.29 is 52.6 Å². The summed E-state index contributed by atoms with van der Waals surface area (Å²) in [7, 11) is 5.26. The third-order valence-electron chi connectivity index (χ3n) is 5.97. The number of methoxy groups -OCH3 is 4. The molecule has 0 aromatic heterocycles. The number of hydrogen-bond donors (Lipinski definition) is 1. The Morgan fingerprint density at radius 1 is 0.724 bits per heavy atom. The second-order valence-electron chi connectivity index (χ2n) is 7.66. The fourth-order valence-corrected chi connectivity index (χ4v) is 3.21. The predicted molar refractivity (Wildman–Crippen MR) is 94.2 cm³/mol. The highest BCUT2D eigenvalue weighted by Gasteiger charge is 2.67. The van der Waals surface area contributed by atoms with Crippen LogP contribution in [0.1, 0.15) is 34.6 Å². The minimum absolute atomic E-state index is 0.982. The van der Waals surface area contributed by atoms with Crippen molar-refractivity contribution in [2.24, 2.45) is 0 Å². The van der Waals surface area contributed by atoms with E-state index in [0.29, 0.717) is 0 Å². The van der Waals surface area contributed by atoms with Crippen LogP contribution in [0.25, 0.3) is 0 Å². The zero-order valence-corrected chi connectivity index (χ0v) is 18.2. The third kappa shape index (κ3) is 3.44. The molecule has 2 fully saturated rings. The van der Waals surface area contributed by atoms with Crippen LogP contribution in [0.15, 0.2) is 0 Å². The van der Waals surface area contributed by atoms with E-state index in [4.69, 9.17) is 37.9 Å². The molecule has 0 spiro atoms. The summed E-state index contributed by atoms with van der Waals surface area (Å²) in [6.07, 6.45) is -3.36. The molecule has 1 N–H and O–H groups in total. The molecule has 2 aliphatic heterocycles. The minimum atomic E-state index is -2.24. The number of carbonyl (C=O) groups is 2. The van der Waals surface area contributed by atoms with Gasteiger partial charge in [0.2, 0.25) is 11.6 Å². The average Bonchev–Trinajstić information content (AvgIpc) is 2.67. The van der Waals surface area contributed by atoms with Crippen molar-refractivity contribution in [2.45, 2.75) is 75.6 Å². The Hall–Kier alpha value is -1.34. The minimum Gasteiger partial charge on any atom is -0.425 e. The summed E-state index contributed by atoms with van der Waals surface area (Å²) in [6.45, 7) is 7.00. The van der Waals surface area contributed by atoms with Gasteiger partial charge in [-0.3, -0.25) is 0 Å². The van der Waals surface area contributed by atoms with Crippen molar-refractivity contribution in [3.8, 4) is 0 Å². The molecule has 6 atom stereocenters. The van der Waals surface area contributed by atoms with Crippen molar-refractivity contribution in [1.29, 1.82) is 0 Å². The van der Waals surface area contributed by atoms with Crippen molar-refractivity contribution in [1.82, 2.24) is 0 Å². The lowest BCUT2D eigenvalue weighted by atomic mass is 9.88. The molecule has 0 aromatic carbocycles. The Balaban J connectivity index is 2.42. The molecule has 168 valence electrons. The summed E-state index contributed by atoms with van der Waals surface area (Å²) in [5.41, 5.74) is -2.24. The van der Waals surface area contributed by atoms with Gasteiger partial charge in [0.15, 0.2) is 12.2 Å². The first kappa shape index (κ1) is 23.9. The summed E-state index contributed by atoms with van der Waals surface area (Å²) < 4.78 is 43.4. The summed E-state index contributed by atoms with van der Waals surface area (Å²) in [5.74, 6) is -8.37. The molecule has 0 amide bonds. The lowest BCUT2D eigenvalue weighted by Crippen LogP contribution is -2.73. The van der Waals surface area contributed by atoms with E-state index in [1.54, 1.807) is 0 Å². The molecule has 11 nitrogen and oxygen atoms in total. The molecule has 2 rings (SSSR count). The monoisotopic (exact) mass is 422 g/mol. The molecule has 2 saturated heterocycles. The summed E-state index contributed by atoms with van der Waals surface area (Å²) in [6, 6.07) is 0. The molecule has 0 aliphatic carbocycles. The van der Waals surface area contributed by atoms with Crippen LogP contribution in [0.5, 0.6) is 0 Å². The highest BCUT2D eigenvalue weighted by atomic mass is 16.8. The van der Waals surface area contributed by atoms with Gasteiger partial charge in [0.25, 0.3) is 11.6 Å². The maximum absolute atomic E-state index is 12.7. The van der Waals surface area contributed by atoms with Crippen LogP contribution < -0.4 is 0 Å². The van der Waals surface area contributed by atoms with Gasteiger partial charge in [-0.05, 0) is 20.8 Å². The lowest BCUT2D eigenvalue weighted by molar-refractivity contribution is -0.436. The van der Waals surface area contributed by atoms with Crippen LogP contribution >= 0.6 is 0 Å². The smallest absolute Gasteiger partial charge is 0.341 e. The number of aliphatic hydroxyl groups is 1. The summed E-state index contributed by atoms with van der Waals surface area (Å²) in [5, 5.41) is 11.2. The molecule has 29 heavy (non-hydrogen) atoms. The Morgan fingerprint density at radius 3 is 1.24 bits per heavy atom. The number of rotatable bonds is 6. The first-order valence-corrected chi connectivity index (χ1v) is 8.93. The molecule has 0 saturated carbocycles. The first-order valence-electron chi connectivity index (χ1n) is 8.93. The molecule has 2 aliphatic rings. The SMILES string of the molecule is CO[C@]1(C)OC(=O)[C@H](C(C)(O)[C@@H]2O[C@@](C)(OC)[C@](C)(OC)OC2=O)O[C@@]1(C)OC. The van der Waals surface area contributed by atoms with Gasteiger partial charge < -0.3 is 43.0 Å². The molecule has 0 aromatic rings. The highest BCUT2D eigenvalue weighted by molar-refractivity contribution is 5.83. The van der Waals surface area contributed by atoms with Gasteiger partial charge in [-0.2, -0.15) is 0 Å². The van der Waals surface area contributed by atoms with Crippen LogP contribution in [0.2, 0.25) is 0 Å². The topological polar surface area (TPSA) is 128 Å². The Labute approximate surface area is 169 Å². The van der Waals surface area contributed by atoms with Gasteiger partial charge >= 0.3 is 11.9 Å². The van der Waals surface area contributed by atoms with Crippen molar-refractivity contribution in [2.75, 3.05) is 28.4 Å². The Bertz CT molecular complexity index is 612. The van der Waals surface area contributed by atoms with E-state index >= 15 is 0 Å². The van der Waals surface area contributed by atoms with Crippen LogP contribution in [-0.4, -0.2) is 86.4 Å². The molecule has 0 radical (unpaired) electrons. The number of hydrogen-bond acceptors (Lipinski definition) is 11. The lowest BCUT2D eigenvalue weighted by Gasteiger charge is -2.53. The van der Waals surface area contributed by atoms with Gasteiger partial charge in [-0.15, -0.1) is 0 Å². The fourth-order valence-electron chi connectivity index (χ4n) is 3.21. The quantitative estimate of drug-likeness (QED) is 0.584. The third-order valence-corrected chi connectivity index (χ3v) is 5.97. The van der Waals surface area contributed by atoms with Gasteiger partial charge in [0.05, 0.1) is 0 Å². The van der Waals surface area contributed by atoms with E-state index in [0.717, 1.165) is 0 Å². The summed E-state index contributed by atoms with van der Waals surface area (Å²) >= 11 is 0. The number of carbonyl (C=O) groups excluding carboxylic acids is 2. The number of cyclic esters (lactones) is 2. The largest absolute Gasteiger partial charge is 0.425 e. The predicted octanol–water partition coefficient (Wildman–Crippen LogP) is 0.0718. The molecular formula is C18H30O11. The van der Waals surface area contributed by atoms with Crippen molar-refractivity contribution in [3.63, 3.8) is 0 Å². The van der Waals surface area contributed by atoms with E-state index in [1.165, 1.54) is 63.1 Å². The fraction of sp³-hybridized carbons (Fsp3) is 0.889. The van der Waals surface area contributed by atoms with Gasteiger partial charge in [0, 0.05) is 42.3 Å². The van der Waals surface area contributed by atoms with Crippen LogP contribution in [-0.2, 0) is 47.5 Å². The Morgan fingerprint density at radius 2 is 1.00 bits per heavy atom. The zero-order valence-electron chi connectivity index (χ0n) is 18.2. The Kier molecular flexibility index (Phi) is 6.12. The van der Waals surface area contributed by atoms with Crippen LogP contribution in [0.4, 0.5) is 0 Å². The van der Waals surface area contributed by atoms with Crippen molar-refractivity contribution in [3.05, 3.63) is 0 Å². The van der Waals surface area contributed by atoms with Gasteiger partial charge in [-0.25, -0.2) is 9.59 Å². The second kappa shape index (κ2) is 7.41. The normalized spacial score (nSPS) is 43.7. The highest BCUT2D eigenvalue weighted by Crippen LogP contribution is 2.44. The van der Waals surface area contributed by atoms with E-state index in [1.807, 2.05) is 0 Å². The van der Waals surface area contributed by atoms with E-state index in [-0.39, 0.29) is 0 Å². The number of ether oxygens (including phenoxy) is 8.